The molecule has 1 unspecified atom stereocenters. The Kier molecular flexibility index (Phi) is 5.01. The number of halogens is 3. The minimum atomic E-state index is -4.59. The van der Waals surface area contributed by atoms with E-state index in [9.17, 15) is 22.8 Å². The van der Waals surface area contributed by atoms with Crippen molar-refractivity contribution in [2.24, 2.45) is 5.41 Å². The predicted octanol–water partition coefficient (Wildman–Crippen LogP) is 3.05. The predicted molar refractivity (Wildman–Crippen MR) is 74.7 cm³/mol. The van der Waals surface area contributed by atoms with Gasteiger partial charge < -0.3 is 5.11 Å². The third-order valence-corrected chi connectivity index (χ3v) is 3.31. The number of carboxylic acid groups (broad SMARTS) is 1. The smallest absolute Gasteiger partial charge is 0.401 e. The van der Waals surface area contributed by atoms with Crippen LogP contribution in [0.1, 0.15) is 13.8 Å². The van der Waals surface area contributed by atoms with Gasteiger partial charge in [0.05, 0.1) is 0 Å². The molecule has 0 bridgehead atoms. The summed E-state index contributed by atoms with van der Waals surface area (Å²) in [6.45, 7) is 5.41. The zero-order chi connectivity index (χ0) is 17.1. The largest absolute Gasteiger partial charge is 0.480 e. The molecule has 22 heavy (non-hydrogen) atoms. The summed E-state index contributed by atoms with van der Waals surface area (Å²) in [7, 11) is 0. The molecule has 0 fully saturated rings. The number of hydrogen-bond acceptors (Lipinski definition) is 2. The summed E-state index contributed by atoms with van der Waals surface area (Å²) >= 11 is 0. The van der Waals surface area contributed by atoms with Crippen LogP contribution < -0.4 is 0 Å². The molecule has 0 heterocycles. The molecule has 0 saturated carbocycles. The molecule has 7 heteroatoms. The fourth-order valence-electron chi connectivity index (χ4n) is 1.89. The second kappa shape index (κ2) is 6.21. The third-order valence-electron chi connectivity index (χ3n) is 3.31. The first-order chi connectivity index (χ1) is 10.0. The lowest BCUT2D eigenvalue weighted by Crippen LogP contribution is -2.42. The number of rotatable bonds is 4. The highest BCUT2D eigenvalue weighted by Crippen LogP contribution is 2.42. The quantitative estimate of drug-likeness (QED) is 0.811. The maximum Gasteiger partial charge on any atom is 0.401 e. The molecule has 0 aromatic heterocycles. The van der Waals surface area contributed by atoms with E-state index in [0.29, 0.717) is 0 Å². The van der Waals surface area contributed by atoms with Crippen molar-refractivity contribution in [2.45, 2.75) is 26.1 Å². The van der Waals surface area contributed by atoms with Gasteiger partial charge in [0.1, 0.15) is 11.5 Å². The highest BCUT2D eigenvalue weighted by molar-refractivity contribution is 5.92. The van der Waals surface area contributed by atoms with E-state index in [0.717, 1.165) is 30.1 Å². The van der Waals surface area contributed by atoms with Gasteiger partial charge in [-0.25, -0.2) is 4.79 Å². The van der Waals surface area contributed by atoms with Gasteiger partial charge in [0.15, 0.2) is 0 Å². The van der Waals surface area contributed by atoms with Gasteiger partial charge in [-0.1, -0.05) is 24.8 Å². The van der Waals surface area contributed by atoms with Crippen molar-refractivity contribution in [3.63, 3.8) is 0 Å². The minimum Gasteiger partial charge on any atom is -0.480 e. The molecule has 1 amide bonds. The SMILES string of the molecule is C=CC(=O)N(C1=CC(C)(C(F)(F)F)C=CC=C1)[C@@H](C)C(=O)O. The molecule has 2 atom stereocenters. The van der Waals surface area contributed by atoms with E-state index in [-0.39, 0.29) is 5.70 Å². The highest BCUT2D eigenvalue weighted by Gasteiger charge is 2.48. The van der Waals surface area contributed by atoms with Crippen LogP contribution >= 0.6 is 0 Å². The standard InChI is InChI=1S/C15H16F3NO3/c1-4-12(20)19(10(2)13(21)22)11-7-5-6-8-14(3,9-11)15(16,17)18/h4-10H,1H2,2-3H3,(H,21,22)/t10-,14?/m0/s1. The van der Waals surface area contributed by atoms with Crippen LogP contribution in [0.3, 0.4) is 0 Å². The Labute approximate surface area is 125 Å². The van der Waals surface area contributed by atoms with Gasteiger partial charge in [-0.2, -0.15) is 13.2 Å². The van der Waals surface area contributed by atoms with Crippen molar-refractivity contribution >= 4 is 11.9 Å². The number of aliphatic carboxylic acids is 1. The van der Waals surface area contributed by atoms with Gasteiger partial charge >= 0.3 is 12.1 Å². The van der Waals surface area contributed by atoms with Crippen LogP contribution in [0.2, 0.25) is 0 Å². The number of allylic oxidation sites excluding steroid dienone is 5. The molecule has 0 radical (unpaired) electrons. The Morgan fingerprint density at radius 3 is 2.45 bits per heavy atom. The molecule has 0 aromatic carbocycles. The van der Waals surface area contributed by atoms with E-state index >= 15 is 0 Å². The van der Waals surface area contributed by atoms with Crippen molar-refractivity contribution in [1.82, 2.24) is 4.90 Å². The van der Waals surface area contributed by atoms with Gasteiger partial charge in [-0.3, -0.25) is 9.69 Å². The second-order valence-electron chi connectivity index (χ2n) is 4.99. The summed E-state index contributed by atoms with van der Waals surface area (Å²) < 4.78 is 39.7. The maximum atomic E-state index is 13.2. The first-order valence-electron chi connectivity index (χ1n) is 6.37. The molecule has 1 aliphatic rings. The lowest BCUT2D eigenvalue weighted by Gasteiger charge is -2.30. The van der Waals surface area contributed by atoms with E-state index in [1.54, 1.807) is 0 Å². The monoisotopic (exact) mass is 315 g/mol. The van der Waals surface area contributed by atoms with Crippen LogP contribution in [-0.4, -0.2) is 34.1 Å². The van der Waals surface area contributed by atoms with Crippen LogP contribution in [0.25, 0.3) is 0 Å². The van der Waals surface area contributed by atoms with Gasteiger partial charge in [0, 0.05) is 5.70 Å². The molecule has 1 aliphatic carbocycles. The molecule has 0 aliphatic heterocycles. The van der Waals surface area contributed by atoms with Crippen LogP contribution in [-0.2, 0) is 9.59 Å². The lowest BCUT2D eigenvalue weighted by atomic mass is 9.88. The fourth-order valence-corrected chi connectivity index (χ4v) is 1.89. The number of alkyl halides is 3. The van der Waals surface area contributed by atoms with E-state index < -0.39 is 29.5 Å². The molecular formula is C15H16F3NO3. The second-order valence-corrected chi connectivity index (χ2v) is 4.99. The summed E-state index contributed by atoms with van der Waals surface area (Å²) in [6.07, 6.45) is 1.83. The normalized spacial score (nSPS) is 22.5. The van der Waals surface area contributed by atoms with Gasteiger partial charge in [0.25, 0.3) is 5.91 Å². The zero-order valence-electron chi connectivity index (χ0n) is 12.1. The minimum absolute atomic E-state index is 0.148. The Balaban J connectivity index is 3.43. The molecule has 4 nitrogen and oxygen atoms in total. The van der Waals surface area contributed by atoms with E-state index in [2.05, 4.69) is 6.58 Å². The van der Waals surface area contributed by atoms with E-state index in [1.165, 1.54) is 25.2 Å². The third kappa shape index (κ3) is 3.47. The number of carboxylic acids is 1. The van der Waals surface area contributed by atoms with Crippen molar-refractivity contribution in [2.75, 3.05) is 0 Å². The molecular weight excluding hydrogens is 299 g/mol. The Bertz CT molecular complexity index is 575. The molecule has 0 saturated heterocycles. The summed E-state index contributed by atoms with van der Waals surface area (Å²) in [5, 5.41) is 9.07. The first-order valence-corrected chi connectivity index (χ1v) is 6.37. The fraction of sp³-hybridized carbons (Fsp3) is 0.333. The highest BCUT2D eigenvalue weighted by atomic mass is 19.4. The molecule has 1 rings (SSSR count). The Morgan fingerprint density at radius 2 is 2.00 bits per heavy atom. The van der Waals surface area contributed by atoms with E-state index in [4.69, 9.17) is 5.11 Å². The van der Waals surface area contributed by atoms with Crippen molar-refractivity contribution in [3.8, 4) is 0 Å². The van der Waals surface area contributed by atoms with Crippen LogP contribution in [0.15, 0.2) is 48.7 Å². The number of hydrogen-bond donors (Lipinski definition) is 1. The van der Waals surface area contributed by atoms with Crippen molar-refractivity contribution in [3.05, 3.63) is 48.7 Å². The molecule has 1 N–H and O–H groups in total. The molecule has 120 valence electrons. The number of carbonyl (C=O) groups excluding carboxylic acids is 1. The average molecular weight is 315 g/mol. The van der Waals surface area contributed by atoms with E-state index in [1.807, 2.05) is 0 Å². The van der Waals surface area contributed by atoms with Crippen molar-refractivity contribution in [1.29, 1.82) is 0 Å². The number of amides is 1. The van der Waals surface area contributed by atoms with Gasteiger partial charge in [0.2, 0.25) is 0 Å². The zero-order valence-corrected chi connectivity index (χ0v) is 12.1. The number of carbonyl (C=O) groups is 2. The van der Waals surface area contributed by atoms with Crippen LogP contribution in [0.4, 0.5) is 13.2 Å². The number of nitrogens with zero attached hydrogens (tertiary/aromatic N) is 1. The maximum absolute atomic E-state index is 13.2. The lowest BCUT2D eigenvalue weighted by molar-refractivity contribution is -0.183. The van der Waals surface area contributed by atoms with Gasteiger partial charge in [-0.05, 0) is 32.1 Å². The molecule has 0 spiro atoms. The topological polar surface area (TPSA) is 57.6 Å². The average Bonchev–Trinajstić information content (AvgIpc) is 2.61. The van der Waals surface area contributed by atoms with Crippen molar-refractivity contribution < 1.29 is 27.9 Å². The first kappa shape index (κ1) is 17.7. The Morgan fingerprint density at radius 1 is 1.41 bits per heavy atom. The summed E-state index contributed by atoms with van der Waals surface area (Å²) in [4.78, 5) is 23.8. The van der Waals surface area contributed by atoms with Crippen LogP contribution in [0.5, 0.6) is 0 Å². The van der Waals surface area contributed by atoms with Gasteiger partial charge in [-0.15, -0.1) is 0 Å². The molecule has 0 aromatic rings. The summed E-state index contributed by atoms with van der Waals surface area (Å²) in [5.74, 6) is -2.13. The van der Waals surface area contributed by atoms with Crippen LogP contribution in [0, 0.1) is 5.41 Å². The summed E-state index contributed by atoms with van der Waals surface area (Å²) in [5.41, 5.74) is -2.46. The Hall–Kier alpha value is -2.31. The summed E-state index contributed by atoms with van der Waals surface area (Å²) in [6, 6.07) is -1.34.